The van der Waals surface area contributed by atoms with Crippen LogP contribution in [0.15, 0.2) is 65.6 Å². The van der Waals surface area contributed by atoms with Crippen molar-refractivity contribution in [2.75, 3.05) is 60.6 Å². The lowest BCUT2D eigenvalue weighted by atomic mass is 10.0. The van der Waals surface area contributed by atoms with Gasteiger partial charge >= 0.3 is 0 Å². The summed E-state index contributed by atoms with van der Waals surface area (Å²) in [5.74, 6) is -0.694. The third-order valence-electron chi connectivity index (χ3n) is 6.86. The molecule has 0 saturated carbocycles. The second-order valence-electron chi connectivity index (χ2n) is 9.70. The van der Waals surface area contributed by atoms with E-state index in [1.165, 1.54) is 53.8 Å². The van der Waals surface area contributed by atoms with Crippen molar-refractivity contribution in [3.63, 3.8) is 0 Å². The highest BCUT2D eigenvalue weighted by atomic mass is 35.5. The van der Waals surface area contributed by atoms with Gasteiger partial charge < -0.3 is 20.4 Å². The fourth-order valence-corrected chi connectivity index (χ4v) is 6.92. The predicted octanol–water partition coefficient (Wildman–Crippen LogP) is 3.18. The number of hydrogen-bond acceptors (Lipinski definition) is 8. The van der Waals surface area contributed by atoms with Crippen LogP contribution in [-0.2, 0) is 20.0 Å². The molecular formula is C27H30Cl2N4O7S2. The Kier molecular flexibility index (Phi) is 9.72. The van der Waals surface area contributed by atoms with E-state index in [0.717, 1.165) is 16.2 Å². The fraction of sp³-hybridized carbons (Fsp3) is 0.296. The van der Waals surface area contributed by atoms with E-state index in [1.54, 1.807) is 18.2 Å². The molecular weight excluding hydrogens is 627 g/mol. The van der Waals surface area contributed by atoms with E-state index < -0.39 is 38.7 Å². The molecule has 1 aliphatic heterocycles. The number of aliphatic hydroxyl groups excluding tert-OH is 2. The van der Waals surface area contributed by atoms with E-state index in [0.29, 0.717) is 23.1 Å². The third kappa shape index (κ3) is 7.17. The Morgan fingerprint density at radius 2 is 1.55 bits per heavy atom. The molecule has 1 amide bonds. The van der Waals surface area contributed by atoms with Crippen LogP contribution in [0.4, 0.5) is 17.1 Å². The summed E-state index contributed by atoms with van der Waals surface area (Å²) in [6.45, 7) is 0.786. The lowest BCUT2D eigenvalue weighted by Crippen LogP contribution is -2.48. The van der Waals surface area contributed by atoms with Crippen LogP contribution in [0.3, 0.4) is 0 Å². The van der Waals surface area contributed by atoms with Gasteiger partial charge in [0.2, 0.25) is 20.0 Å². The van der Waals surface area contributed by atoms with Gasteiger partial charge in [-0.2, -0.15) is 4.31 Å². The van der Waals surface area contributed by atoms with Crippen LogP contribution in [0.2, 0.25) is 10.0 Å². The molecule has 11 nitrogen and oxygen atoms in total. The number of rotatable bonds is 9. The zero-order chi connectivity index (χ0) is 30.8. The molecule has 1 fully saturated rings. The molecule has 0 bridgehead atoms. The molecule has 0 radical (unpaired) electrons. The van der Waals surface area contributed by atoms with Gasteiger partial charge in [0.1, 0.15) is 6.10 Å². The molecule has 1 aliphatic rings. The predicted molar refractivity (Wildman–Crippen MR) is 164 cm³/mol. The number of carbonyl (C=O) groups excluding carboxylic acids is 1. The van der Waals surface area contributed by atoms with E-state index in [2.05, 4.69) is 5.32 Å². The van der Waals surface area contributed by atoms with Gasteiger partial charge in [0.15, 0.2) is 0 Å². The van der Waals surface area contributed by atoms with Crippen molar-refractivity contribution in [2.45, 2.75) is 11.0 Å². The molecule has 1 heterocycles. The summed E-state index contributed by atoms with van der Waals surface area (Å²) in [6, 6.07) is 14.9. The van der Waals surface area contributed by atoms with Crippen molar-refractivity contribution in [1.82, 2.24) is 4.31 Å². The van der Waals surface area contributed by atoms with E-state index >= 15 is 0 Å². The van der Waals surface area contributed by atoms with Gasteiger partial charge in [0, 0.05) is 54.6 Å². The lowest BCUT2D eigenvalue weighted by molar-refractivity contribution is 0.0952. The quantitative estimate of drug-likeness (QED) is 0.318. The number of hydrogen-bond donors (Lipinski definition) is 3. The van der Waals surface area contributed by atoms with Crippen molar-refractivity contribution in [1.29, 1.82) is 0 Å². The first-order valence-corrected chi connectivity index (χ1v) is 16.7. The average Bonchev–Trinajstić information content (AvgIpc) is 2.95. The number of nitrogens with one attached hydrogen (secondary N) is 1. The number of aliphatic hydroxyl groups is 2. The van der Waals surface area contributed by atoms with Gasteiger partial charge in [-0.3, -0.25) is 9.10 Å². The molecule has 226 valence electrons. The number of benzene rings is 3. The molecule has 42 heavy (non-hydrogen) atoms. The second kappa shape index (κ2) is 12.8. The Labute approximate surface area is 255 Å². The van der Waals surface area contributed by atoms with E-state index in [4.69, 9.17) is 23.2 Å². The number of piperazine rings is 1. The number of carbonyl (C=O) groups is 1. The highest BCUT2D eigenvalue weighted by Crippen LogP contribution is 2.29. The summed E-state index contributed by atoms with van der Waals surface area (Å²) in [5.41, 5.74) is 1.29. The van der Waals surface area contributed by atoms with Gasteiger partial charge in [-0.15, -0.1) is 0 Å². The standard InChI is InChI=1S/C27H30Cl2N4O7S2/c1-31(41(2,37)38)25-8-3-18(26(35)17-34)13-24(25)27(36)30-21-4-6-23(7-5-21)42(39,40)33-11-9-32(10-12-33)22-15-19(28)14-20(29)16-22/h3-8,13-16,26,34-35H,9-12,17H2,1-2H3,(H,30,36)/t26-/m0/s1. The van der Waals surface area contributed by atoms with Crippen LogP contribution in [0.25, 0.3) is 0 Å². The van der Waals surface area contributed by atoms with Gasteiger partial charge in [-0.1, -0.05) is 29.3 Å². The normalized spacial score (nSPS) is 15.3. The minimum absolute atomic E-state index is 0.0466. The first-order valence-electron chi connectivity index (χ1n) is 12.7. The number of halogens is 2. The van der Waals surface area contributed by atoms with Crippen LogP contribution >= 0.6 is 23.2 Å². The van der Waals surface area contributed by atoms with Gasteiger partial charge in [0.05, 0.1) is 29.0 Å². The topological polar surface area (TPSA) is 148 Å². The van der Waals surface area contributed by atoms with Crippen LogP contribution in [0.1, 0.15) is 22.0 Å². The molecule has 4 rings (SSSR count). The number of amides is 1. The van der Waals surface area contributed by atoms with Gasteiger partial charge in [-0.25, -0.2) is 16.8 Å². The summed E-state index contributed by atoms with van der Waals surface area (Å²) in [7, 11) is -6.26. The maximum atomic E-state index is 13.3. The minimum Gasteiger partial charge on any atom is -0.393 e. The number of sulfonamides is 2. The Bertz CT molecular complexity index is 1660. The summed E-state index contributed by atoms with van der Waals surface area (Å²) in [6.07, 6.45) is -0.291. The van der Waals surface area contributed by atoms with Crippen molar-refractivity contribution in [2.24, 2.45) is 0 Å². The molecule has 1 atom stereocenters. The van der Waals surface area contributed by atoms with Crippen LogP contribution in [0.5, 0.6) is 0 Å². The Morgan fingerprint density at radius 3 is 2.10 bits per heavy atom. The fourth-order valence-electron chi connectivity index (χ4n) is 4.47. The van der Waals surface area contributed by atoms with Crippen LogP contribution in [-0.4, -0.2) is 83.4 Å². The molecule has 15 heteroatoms. The largest absolute Gasteiger partial charge is 0.393 e. The van der Waals surface area contributed by atoms with E-state index in [9.17, 15) is 31.8 Å². The maximum absolute atomic E-state index is 13.3. The van der Waals surface area contributed by atoms with Crippen molar-refractivity contribution in [3.8, 4) is 0 Å². The monoisotopic (exact) mass is 656 g/mol. The number of anilines is 3. The Hall–Kier alpha value is -2.91. The molecule has 3 aromatic carbocycles. The number of nitrogens with zero attached hydrogens (tertiary/aromatic N) is 3. The Morgan fingerprint density at radius 1 is 0.952 bits per heavy atom. The summed E-state index contributed by atoms with van der Waals surface area (Å²) in [5, 5.41) is 23.0. The first-order chi connectivity index (χ1) is 19.7. The van der Waals surface area contributed by atoms with E-state index in [1.807, 2.05) is 4.90 Å². The summed E-state index contributed by atoms with van der Waals surface area (Å²) >= 11 is 12.2. The van der Waals surface area contributed by atoms with Gasteiger partial charge in [-0.05, 0) is 60.2 Å². The highest BCUT2D eigenvalue weighted by Gasteiger charge is 2.29. The average molecular weight is 658 g/mol. The SMILES string of the molecule is CN(c1ccc([C@@H](O)CO)cc1C(=O)Nc1ccc(S(=O)(=O)N2CCN(c3cc(Cl)cc(Cl)c3)CC2)cc1)S(C)(=O)=O. The maximum Gasteiger partial charge on any atom is 0.257 e. The van der Waals surface area contributed by atoms with Crippen LogP contribution < -0.4 is 14.5 Å². The molecule has 1 saturated heterocycles. The van der Waals surface area contributed by atoms with Crippen molar-refractivity contribution < 1.29 is 31.8 Å². The highest BCUT2D eigenvalue weighted by molar-refractivity contribution is 7.92. The van der Waals surface area contributed by atoms with Crippen molar-refractivity contribution >= 4 is 66.2 Å². The molecule has 3 aromatic rings. The lowest BCUT2D eigenvalue weighted by Gasteiger charge is -2.35. The summed E-state index contributed by atoms with van der Waals surface area (Å²) < 4.78 is 53.2. The van der Waals surface area contributed by atoms with Crippen molar-refractivity contribution in [3.05, 3.63) is 81.8 Å². The van der Waals surface area contributed by atoms with Gasteiger partial charge in [0.25, 0.3) is 5.91 Å². The molecule has 3 N–H and O–H groups in total. The zero-order valence-electron chi connectivity index (χ0n) is 22.7. The third-order valence-corrected chi connectivity index (χ3v) is 10.4. The smallest absolute Gasteiger partial charge is 0.257 e. The first kappa shape index (κ1) is 32.0. The zero-order valence-corrected chi connectivity index (χ0v) is 25.9. The van der Waals surface area contributed by atoms with Crippen LogP contribution in [0, 0.1) is 0 Å². The summed E-state index contributed by atoms with van der Waals surface area (Å²) in [4.78, 5) is 15.3. The minimum atomic E-state index is -3.82. The van der Waals surface area contributed by atoms with E-state index in [-0.39, 0.29) is 40.5 Å². The Balaban J connectivity index is 1.49. The molecule has 0 aliphatic carbocycles. The molecule has 0 spiro atoms. The second-order valence-corrected chi connectivity index (χ2v) is 14.5. The molecule has 0 aromatic heterocycles. The molecule has 0 unspecified atom stereocenters.